The van der Waals surface area contributed by atoms with Gasteiger partial charge in [-0.25, -0.2) is 0 Å². The summed E-state index contributed by atoms with van der Waals surface area (Å²) in [5, 5.41) is 18.2. The normalized spacial score (nSPS) is 13.5. The van der Waals surface area contributed by atoms with Crippen molar-refractivity contribution in [1.29, 1.82) is 0 Å². The number of carbonyl (C=O) groups excluding carboxylic acids is 1. The van der Waals surface area contributed by atoms with Crippen LogP contribution >= 0.6 is 11.3 Å². The number of hydrogen-bond acceptors (Lipinski definition) is 5. The van der Waals surface area contributed by atoms with Crippen molar-refractivity contribution in [2.45, 2.75) is 13.0 Å². The lowest BCUT2D eigenvalue weighted by Crippen LogP contribution is -2.23. The predicted molar refractivity (Wildman–Crippen MR) is 80.8 cm³/mol. The van der Waals surface area contributed by atoms with E-state index in [1.165, 1.54) is 22.6 Å². The van der Waals surface area contributed by atoms with E-state index in [2.05, 4.69) is 10.6 Å². The van der Waals surface area contributed by atoms with E-state index < -0.39 is 4.92 Å². The van der Waals surface area contributed by atoms with Crippen molar-refractivity contribution >= 4 is 27.9 Å². The van der Waals surface area contributed by atoms with E-state index in [1.54, 1.807) is 0 Å². The fraction of sp³-hybridized carbons (Fsp3) is 0.214. The third-order valence-corrected chi connectivity index (χ3v) is 4.26. The molecule has 21 heavy (non-hydrogen) atoms. The number of nitrogens with one attached hydrogen (secondary N) is 2. The molecule has 2 aromatic rings. The van der Waals surface area contributed by atoms with E-state index in [9.17, 15) is 14.9 Å². The number of amides is 1. The van der Waals surface area contributed by atoms with Crippen LogP contribution in [0.25, 0.3) is 0 Å². The second-order valence-electron chi connectivity index (χ2n) is 4.80. The first kappa shape index (κ1) is 13.7. The van der Waals surface area contributed by atoms with Crippen LogP contribution in [0.3, 0.4) is 0 Å². The predicted octanol–water partition coefficient (Wildman–Crippen LogP) is 2.55. The van der Waals surface area contributed by atoms with Gasteiger partial charge in [-0.05, 0) is 36.2 Å². The molecule has 6 nitrogen and oxygen atoms in total. The molecule has 7 heteroatoms. The monoisotopic (exact) mass is 303 g/mol. The Morgan fingerprint density at radius 3 is 2.95 bits per heavy atom. The first-order valence-corrected chi connectivity index (χ1v) is 7.38. The van der Waals surface area contributed by atoms with E-state index in [-0.39, 0.29) is 10.9 Å². The molecule has 108 valence electrons. The van der Waals surface area contributed by atoms with Gasteiger partial charge < -0.3 is 10.6 Å². The van der Waals surface area contributed by atoms with Gasteiger partial charge in [0.05, 0.1) is 10.5 Å². The number of carbonyl (C=O) groups is 1. The maximum atomic E-state index is 12.1. The molecule has 0 atom stereocenters. The minimum absolute atomic E-state index is 0.0326. The molecule has 0 spiro atoms. The maximum Gasteiger partial charge on any atom is 0.324 e. The van der Waals surface area contributed by atoms with Gasteiger partial charge >= 0.3 is 5.00 Å². The third kappa shape index (κ3) is 2.93. The Morgan fingerprint density at radius 2 is 2.19 bits per heavy atom. The van der Waals surface area contributed by atoms with Crippen molar-refractivity contribution in [3.8, 4) is 0 Å². The van der Waals surface area contributed by atoms with E-state index in [1.807, 2.05) is 18.2 Å². The summed E-state index contributed by atoms with van der Waals surface area (Å²) in [7, 11) is 0. The number of fused-ring (bicyclic) bond motifs is 1. The summed E-state index contributed by atoms with van der Waals surface area (Å²) in [5.41, 5.74) is 3.48. The van der Waals surface area contributed by atoms with Gasteiger partial charge in [-0.1, -0.05) is 17.4 Å². The molecule has 0 saturated carbocycles. The Kier molecular flexibility index (Phi) is 3.68. The number of nitro groups is 1. The highest BCUT2D eigenvalue weighted by Gasteiger charge is 2.16. The lowest BCUT2D eigenvalue weighted by atomic mass is 10.0. The topological polar surface area (TPSA) is 84.3 Å². The van der Waals surface area contributed by atoms with Crippen molar-refractivity contribution in [2.24, 2.45) is 0 Å². The molecule has 1 aromatic heterocycles. The van der Waals surface area contributed by atoms with E-state index in [0.717, 1.165) is 30.8 Å². The van der Waals surface area contributed by atoms with Crippen LogP contribution in [0.2, 0.25) is 0 Å². The van der Waals surface area contributed by atoms with E-state index in [0.29, 0.717) is 11.3 Å². The summed E-state index contributed by atoms with van der Waals surface area (Å²) in [5.74, 6) is -0.330. The molecule has 1 aromatic carbocycles. The summed E-state index contributed by atoms with van der Waals surface area (Å²) in [6, 6.07) is 7.12. The quantitative estimate of drug-likeness (QED) is 0.674. The van der Waals surface area contributed by atoms with Crippen molar-refractivity contribution in [3.05, 3.63) is 56.5 Å². The Balaban J connectivity index is 1.76. The fourth-order valence-electron chi connectivity index (χ4n) is 2.30. The summed E-state index contributed by atoms with van der Waals surface area (Å²) >= 11 is 0.949. The SMILES string of the molecule is O=C(Nc1ccc2c(c1)CNCC2)c1csc([N+](=O)[O-])c1. The highest BCUT2D eigenvalue weighted by Crippen LogP contribution is 2.24. The van der Waals surface area contributed by atoms with Gasteiger partial charge in [0, 0.05) is 23.7 Å². The Labute approximate surface area is 124 Å². The molecule has 2 N–H and O–H groups in total. The molecule has 0 aliphatic carbocycles. The first-order chi connectivity index (χ1) is 10.1. The van der Waals surface area contributed by atoms with Crippen molar-refractivity contribution in [3.63, 3.8) is 0 Å². The number of thiophene rings is 1. The Bertz CT molecular complexity index is 711. The lowest BCUT2D eigenvalue weighted by molar-refractivity contribution is -0.380. The highest BCUT2D eigenvalue weighted by atomic mass is 32.1. The largest absolute Gasteiger partial charge is 0.324 e. The number of hydrogen-bond donors (Lipinski definition) is 2. The van der Waals surface area contributed by atoms with Crippen molar-refractivity contribution < 1.29 is 9.72 Å². The minimum Gasteiger partial charge on any atom is -0.322 e. The molecule has 0 radical (unpaired) electrons. The van der Waals surface area contributed by atoms with Crippen LogP contribution in [-0.4, -0.2) is 17.4 Å². The highest BCUT2D eigenvalue weighted by molar-refractivity contribution is 7.13. The molecular weight excluding hydrogens is 290 g/mol. The van der Waals surface area contributed by atoms with Gasteiger partial charge in [0.1, 0.15) is 0 Å². The minimum atomic E-state index is -0.494. The van der Waals surface area contributed by atoms with Gasteiger partial charge in [0.15, 0.2) is 0 Å². The van der Waals surface area contributed by atoms with Gasteiger partial charge in [0.2, 0.25) is 0 Å². The van der Waals surface area contributed by atoms with Crippen molar-refractivity contribution in [1.82, 2.24) is 5.32 Å². The standard InChI is InChI=1S/C14H13N3O3S/c18-14(11-6-13(17(19)20)21-8-11)16-12-2-1-9-3-4-15-7-10(9)5-12/h1-2,5-6,8,15H,3-4,7H2,(H,16,18). The van der Waals surface area contributed by atoms with Crippen LogP contribution < -0.4 is 10.6 Å². The zero-order chi connectivity index (χ0) is 14.8. The molecule has 1 aliphatic heterocycles. The van der Waals surface area contributed by atoms with Crippen molar-refractivity contribution in [2.75, 3.05) is 11.9 Å². The summed E-state index contributed by atoms with van der Waals surface area (Å²) < 4.78 is 0. The third-order valence-electron chi connectivity index (χ3n) is 3.38. The van der Waals surface area contributed by atoms with Gasteiger partial charge in [-0.3, -0.25) is 14.9 Å². The number of rotatable bonds is 3. The average Bonchev–Trinajstić information content (AvgIpc) is 2.97. The van der Waals surface area contributed by atoms with Crippen LogP contribution in [0.1, 0.15) is 21.5 Å². The Hall–Kier alpha value is -2.25. The van der Waals surface area contributed by atoms with E-state index in [4.69, 9.17) is 0 Å². The van der Waals surface area contributed by atoms with Gasteiger partial charge in [0.25, 0.3) is 5.91 Å². The van der Waals surface area contributed by atoms with Gasteiger partial charge in [-0.15, -0.1) is 0 Å². The van der Waals surface area contributed by atoms with Gasteiger partial charge in [-0.2, -0.15) is 0 Å². The van der Waals surface area contributed by atoms with Crippen LogP contribution in [0, 0.1) is 10.1 Å². The summed E-state index contributed by atoms with van der Waals surface area (Å²) in [6.07, 6.45) is 0.986. The second-order valence-corrected chi connectivity index (χ2v) is 5.68. The Morgan fingerprint density at radius 1 is 1.33 bits per heavy atom. The number of benzene rings is 1. The fourth-order valence-corrected chi connectivity index (χ4v) is 3.01. The molecule has 2 heterocycles. The molecule has 0 fully saturated rings. The summed E-state index contributed by atoms with van der Waals surface area (Å²) in [6.45, 7) is 1.76. The molecule has 1 aliphatic rings. The summed E-state index contributed by atoms with van der Waals surface area (Å²) in [4.78, 5) is 22.2. The second kappa shape index (κ2) is 5.63. The number of anilines is 1. The molecule has 0 saturated heterocycles. The molecular formula is C14H13N3O3S. The molecule has 0 unspecified atom stereocenters. The van der Waals surface area contributed by atoms with Crippen LogP contribution in [0.15, 0.2) is 29.6 Å². The average molecular weight is 303 g/mol. The van der Waals surface area contributed by atoms with Crippen LogP contribution in [0.4, 0.5) is 10.7 Å². The zero-order valence-corrected chi connectivity index (χ0v) is 11.9. The molecule has 3 rings (SSSR count). The smallest absolute Gasteiger partial charge is 0.322 e. The zero-order valence-electron chi connectivity index (χ0n) is 11.1. The number of nitrogens with zero attached hydrogens (tertiary/aromatic N) is 1. The van der Waals surface area contributed by atoms with E-state index >= 15 is 0 Å². The first-order valence-electron chi connectivity index (χ1n) is 6.50. The molecule has 1 amide bonds. The lowest BCUT2D eigenvalue weighted by Gasteiger charge is -2.18. The maximum absolute atomic E-state index is 12.1. The van der Waals surface area contributed by atoms with Crippen LogP contribution in [0.5, 0.6) is 0 Å². The van der Waals surface area contributed by atoms with Crippen LogP contribution in [-0.2, 0) is 13.0 Å². The molecule has 0 bridgehead atoms.